The number of rotatable bonds is 1. The molecule has 2 aromatic heterocycles. The number of nitrogens with zero attached hydrogens (tertiary/aromatic N) is 4. The van der Waals surface area contributed by atoms with Gasteiger partial charge in [0, 0.05) is 5.02 Å². The number of nitrogens with one attached hydrogen (secondary N) is 1. The van der Waals surface area contributed by atoms with E-state index >= 15 is 0 Å². The maximum Gasteiger partial charge on any atom is 0.167 e. The molecule has 0 fully saturated rings. The number of aromatic nitrogens is 5. The van der Waals surface area contributed by atoms with E-state index in [4.69, 9.17) is 23.8 Å². The van der Waals surface area contributed by atoms with Gasteiger partial charge in [-0.3, -0.25) is 0 Å². The second kappa shape index (κ2) is 3.90. The summed E-state index contributed by atoms with van der Waals surface area (Å²) in [6.07, 6.45) is 1.52. The molecule has 1 N–H and O–H groups in total. The molecule has 84 valence electrons. The number of benzene rings is 1. The normalized spacial score (nSPS) is 10.9. The fraction of sp³-hybridized carbons (Fsp3) is 0. The molecule has 1 aromatic carbocycles. The molecule has 7 heteroatoms. The summed E-state index contributed by atoms with van der Waals surface area (Å²) in [7, 11) is 0. The van der Waals surface area contributed by atoms with E-state index in [2.05, 4.69) is 20.3 Å². The quantitative estimate of drug-likeness (QED) is 0.686. The smallest absolute Gasteiger partial charge is 0.167 e. The molecule has 0 amide bonds. The first-order valence-electron chi connectivity index (χ1n) is 4.81. The Hall–Kier alpha value is -1.79. The van der Waals surface area contributed by atoms with Crippen LogP contribution < -0.4 is 0 Å². The Labute approximate surface area is 106 Å². The molecule has 0 unspecified atom stereocenters. The molecule has 0 saturated carbocycles. The zero-order valence-corrected chi connectivity index (χ0v) is 10.0. The van der Waals surface area contributed by atoms with E-state index in [1.165, 1.54) is 6.33 Å². The number of H-pyrrole nitrogens is 1. The maximum absolute atomic E-state index is 5.94. The first kappa shape index (κ1) is 10.4. The molecule has 0 saturated heterocycles. The Morgan fingerprint density at radius 3 is 3.06 bits per heavy atom. The van der Waals surface area contributed by atoms with Crippen molar-refractivity contribution in [3.05, 3.63) is 40.3 Å². The number of aromatic amines is 1. The van der Waals surface area contributed by atoms with Crippen molar-refractivity contribution in [2.75, 3.05) is 0 Å². The van der Waals surface area contributed by atoms with Gasteiger partial charge in [-0.2, -0.15) is 4.68 Å². The zero-order valence-electron chi connectivity index (χ0n) is 8.46. The van der Waals surface area contributed by atoms with Crippen molar-refractivity contribution >= 4 is 35.0 Å². The third kappa shape index (κ3) is 1.71. The Kier molecular flexibility index (Phi) is 2.38. The lowest BCUT2D eigenvalue weighted by atomic mass is 10.3. The van der Waals surface area contributed by atoms with Crippen LogP contribution in [-0.4, -0.2) is 25.0 Å². The highest BCUT2D eigenvalue weighted by atomic mass is 35.5. The van der Waals surface area contributed by atoms with Crippen LogP contribution >= 0.6 is 23.8 Å². The summed E-state index contributed by atoms with van der Waals surface area (Å²) in [5.74, 6) is 0. The van der Waals surface area contributed by atoms with Crippen molar-refractivity contribution < 1.29 is 0 Å². The Morgan fingerprint density at radius 1 is 1.35 bits per heavy atom. The van der Waals surface area contributed by atoms with Crippen LogP contribution in [0.25, 0.3) is 16.9 Å². The van der Waals surface area contributed by atoms with Gasteiger partial charge in [0.25, 0.3) is 0 Å². The summed E-state index contributed by atoms with van der Waals surface area (Å²) in [6.45, 7) is 0. The van der Waals surface area contributed by atoms with Crippen LogP contribution in [0, 0.1) is 4.64 Å². The van der Waals surface area contributed by atoms with Gasteiger partial charge in [0.2, 0.25) is 0 Å². The van der Waals surface area contributed by atoms with E-state index in [9.17, 15) is 0 Å². The molecule has 2 heterocycles. The molecule has 0 atom stereocenters. The number of fused-ring (bicyclic) bond motifs is 1. The molecule has 0 aliphatic carbocycles. The van der Waals surface area contributed by atoms with Crippen LogP contribution in [0.2, 0.25) is 5.02 Å². The molecular weight excluding hydrogens is 258 g/mol. The monoisotopic (exact) mass is 263 g/mol. The molecule has 17 heavy (non-hydrogen) atoms. The van der Waals surface area contributed by atoms with Gasteiger partial charge in [-0.25, -0.2) is 4.98 Å². The Balaban J connectivity index is 2.32. The second-order valence-corrected chi connectivity index (χ2v) is 4.21. The van der Waals surface area contributed by atoms with Crippen LogP contribution in [0.3, 0.4) is 0 Å². The van der Waals surface area contributed by atoms with E-state index in [1.807, 2.05) is 12.1 Å². The molecular formula is C10H6ClN5S. The van der Waals surface area contributed by atoms with Crippen molar-refractivity contribution in [2.45, 2.75) is 0 Å². The molecule has 0 bridgehead atoms. The van der Waals surface area contributed by atoms with Crippen LogP contribution in [0.15, 0.2) is 30.6 Å². The van der Waals surface area contributed by atoms with E-state index in [1.54, 1.807) is 16.8 Å². The Bertz CT molecular complexity index is 748. The third-order valence-electron chi connectivity index (χ3n) is 2.31. The van der Waals surface area contributed by atoms with Gasteiger partial charge in [-0.05, 0) is 18.2 Å². The standard InChI is InChI=1S/C10H6ClN5S/c11-6-2-1-3-7(4-6)16-9-8(14-15-16)10(17)13-5-12-9/h1-5H,(H,12,13,17). The minimum Gasteiger partial charge on any atom is -0.329 e. The molecule has 0 spiro atoms. The predicted molar refractivity (Wildman–Crippen MR) is 66.9 cm³/mol. The predicted octanol–water partition coefficient (Wildman–Crippen LogP) is 2.53. The highest BCUT2D eigenvalue weighted by Gasteiger charge is 2.08. The van der Waals surface area contributed by atoms with Crippen molar-refractivity contribution in [1.29, 1.82) is 0 Å². The number of hydrogen-bond acceptors (Lipinski definition) is 4. The molecule has 5 nitrogen and oxygen atoms in total. The largest absolute Gasteiger partial charge is 0.329 e. The fourth-order valence-corrected chi connectivity index (χ4v) is 1.93. The summed E-state index contributed by atoms with van der Waals surface area (Å²) < 4.78 is 2.06. The van der Waals surface area contributed by atoms with Gasteiger partial charge in [-0.15, -0.1) is 5.10 Å². The second-order valence-electron chi connectivity index (χ2n) is 3.39. The van der Waals surface area contributed by atoms with E-state index < -0.39 is 0 Å². The lowest BCUT2D eigenvalue weighted by Crippen LogP contribution is -1.97. The van der Waals surface area contributed by atoms with Crippen molar-refractivity contribution in [3.63, 3.8) is 0 Å². The SMILES string of the molecule is S=c1nc[nH]c2c1nnn2-c1cccc(Cl)c1. The highest BCUT2D eigenvalue weighted by Crippen LogP contribution is 2.17. The van der Waals surface area contributed by atoms with Crippen molar-refractivity contribution in [2.24, 2.45) is 0 Å². The Morgan fingerprint density at radius 2 is 2.24 bits per heavy atom. The van der Waals surface area contributed by atoms with E-state index in [0.29, 0.717) is 20.8 Å². The zero-order chi connectivity index (χ0) is 11.8. The summed E-state index contributed by atoms with van der Waals surface area (Å²) in [6, 6.07) is 7.33. The lowest BCUT2D eigenvalue weighted by molar-refractivity contribution is 0.817. The van der Waals surface area contributed by atoms with Crippen molar-refractivity contribution in [3.8, 4) is 5.69 Å². The minimum atomic E-state index is 0.423. The summed E-state index contributed by atoms with van der Waals surface area (Å²) in [5.41, 5.74) is 2.09. The average molecular weight is 264 g/mol. The van der Waals surface area contributed by atoms with Gasteiger partial charge in [0.05, 0.1) is 12.0 Å². The number of halogens is 1. The lowest BCUT2D eigenvalue weighted by Gasteiger charge is -2.01. The van der Waals surface area contributed by atoms with Gasteiger partial charge in [0.15, 0.2) is 15.8 Å². The molecule has 3 aromatic rings. The summed E-state index contributed by atoms with van der Waals surface area (Å²) >= 11 is 11.0. The maximum atomic E-state index is 5.94. The summed E-state index contributed by atoms with van der Waals surface area (Å²) in [5, 5.41) is 8.67. The third-order valence-corrected chi connectivity index (χ3v) is 2.84. The van der Waals surface area contributed by atoms with Crippen molar-refractivity contribution in [1.82, 2.24) is 25.0 Å². The van der Waals surface area contributed by atoms with Crippen LogP contribution in [0.1, 0.15) is 0 Å². The van der Waals surface area contributed by atoms with E-state index in [-0.39, 0.29) is 0 Å². The van der Waals surface area contributed by atoms with Crippen LogP contribution in [0.5, 0.6) is 0 Å². The molecule has 0 aliphatic rings. The summed E-state index contributed by atoms with van der Waals surface area (Å²) in [4.78, 5) is 6.92. The molecule has 3 rings (SSSR count). The van der Waals surface area contributed by atoms with Gasteiger partial charge >= 0.3 is 0 Å². The average Bonchev–Trinajstić information content (AvgIpc) is 2.74. The van der Waals surface area contributed by atoms with Gasteiger partial charge < -0.3 is 4.98 Å². The first-order valence-corrected chi connectivity index (χ1v) is 5.59. The molecule has 0 radical (unpaired) electrons. The first-order chi connectivity index (χ1) is 8.25. The van der Waals surface area contributed by atoms with Crippen LogP contribution in [-0.2, 0) is 0 Å². The topological polar surface area (TPSA) is 59.4 Å². The number of hydrogen-bond donors (Lipinski definition) is 1. The van der Waals surface area contributed by atoms with Gasteiger partial charge in [-0.1, -0.05) is 35.1 Å². The minimum absolute atomic E-state index is 0.423. The van der Waals surface area contributed by atoms with Gasteiger partial charge in [0.1, 0.15) is 0 Å². The fourth-order valence-electron chi connectivity index (χ4n) is 1.56. The highest BCUT2D eigenvalue weighted by molar-refractivity contribution is 7.71. The van der Waals surface area contributed by atoms with E-state index in [0.717, 1.165) is 5.69 Å². The molecule has 0 aliphatic heterocycles. The van der Waals surface area contributed by atoms with Crippen LogP contribution in [0.4, 0.5) is 0 Å².